The summed E-state index contributed by atoms with van der Waals surface area (Å²) in [5, 5.41) is 4.75. The monoisotopic (exact) mass is 449 g/mol. The van der Waals surface area contributed by atoms with E-state index < -0.39 is 0 Å². The van der Waals surface area contributed by atoms with E-state index in [-0.39, 0.29) is 0 Å². The van der Waals surface area contributed by atoms with Crippen molar-refractivity contribution in [3.05, 3.63) is 72.1 Å². The maximum absolute atomic E-state index is 6.27. The van der Waals surface area contributed by atoms with Gasteiger partial charge in [-0.3, -0.25) is 9.25 Å². The Morgan fingerprint density at radius 1 is 0.941 bits per heavy atom. The smallest absolute Gasteiger partial charge is 0.165 e. The number of nitrogen functional groups attached to an aromatic ring is 1. The van der Waals surface area contributed by atoms with Crippen LogP contribution < -0.4 is 5.73 Å². The first-order valence-electron chi connectivity index (χ1n) is 11.6. The lowest BCUT2D eigenvalue weighted by Crippen LogP contribution is -2.30. The van der Waals surface area contributed by atoms with Crippen LogP contribution in [0.15, 0.2) is 60.9 Å². The number of pyridine rings is 2. The van der Waals surface area contributed by atoms with Crippen molar-refractivity contribution in [2.75, 3.05) is 18.9 Å². The molecule has 0 saturated carbocycles. The minimum absolute atomic E-state index is 0.301. The van der Waals surface area contributed by atoms with Crippen LogP contribution in [0.25, 0.3) is 39.6 Å². The molecule has 8 heteroatoms. The van der Waals surface area contributed by atoms with E-state index in [1.165, 1.54) is 17.5 Å². The summed E-state index contributed by atoms with van der Waals surface area (Å²) in [6.45, 7) is 1.41. The third-order valence-electron chi connectivity index (χ3n) is 6.79. The Kier molecular flexibility index (Phi) is 4.28. The molecule has 5 aromatic rings. The molecule has 7 rings (SSSR count). The fourth-order valence-corrected chi connectivity index (χ4v) is 4.88. The van der Waals surface area contributed by atoms with E-state index in [4.69, 9.17) is 25.5 Å². The number of benzene rings is 1. The van der Waals surface area contributed by atoms with Gasteiger partial charge in [0.15, 0.2) is 11.5 Å². The number of nitrogens with zero attached hydrogens (tertiary/aromatic N) is 6. The number of fused-ring (bicyclic) bond motifs is 2. The van der Waals surface area contributed by atoms with Crippen LogP contribution in [0.4, 0.5) is 5.82 Å². The molecule has 0 bridgehead atoms. The Hall–Kier alpha value is -4.04. The molecule has 0 atom stereocenters. The summed E-state index contributed by atoms with van der Waals surface area (Å²) in [6, 6.07) is 16.8. The van der Waals surface area contributed by atoms with Crippen LogP contribution in [0.2, 0.25) is 0 Å². The lowest BCUT2D eigenvalue weighted by atomic mass is 10.1. The van der Waals surface area contributed by atoms with Gasteiger partial charge in [-0.1, -0.05) is 6.07 Å². The molecule has 2 N–H and O–H groups in total. The van der Waals surface area contributed by atoms with Gasteiger partial charge in [0.25, 0.3) is 0 Å². The summed E-state index contributed by atoms with van der Waals surface area (Å²) >= 11 is 0. The highest BCUT2D eigenvalue weighted by atomic mass is 16.5. The number of aryl methyl sites for hydroxylation is 2. The highest BCUT2D eigenvalue weighted by molar-refractivity contribution is 5.84. The Balaban J connectivity index is 1.43. The van der Waals surface area contributed by atoms with Gasteiger partial charge in [-0.2, -0.15) is 5.10 Å². The Bertz CT molecular complexity index is 1550. The summed E-state index contributed by atoms with van der Waals surface area (Å²) in [4.78, 5) is 14.3. The van der Waals surface area contributed by atoms with E-state index in [2.05, 4.69) is 27.8 Å². The molecule has 168 valence electrons. The van der Waals surface area contributed by atoms with Crippen molar-refractivity contribution in [3.63, 3.8) is 0 Å². The molecule has 0 amide bonds. The van der Waals surface area contributed by atoms with Crippen LogP contribution in [0, 0.1) is 0 Å². The van der Waals surface area contributed by atoms with E-state index in [1.54, 1.807) is 6.20 Å². The maximum Gasteiger partial charge on any atom is 0.165 e. The van der Waals surface area contributed by atoms with E-state index in [0.29, 0.717) is 25.1 Å². The van der Waals surface area contributed by atoms with Gasteiger partial charge in [-0.25, -0.2) is 15.0 Å². The van der Waals surface area contributed by atoms with Crippen molar-refractivity contribution in [3.8, 4) is 28.5 Å². The zero-order valence-corrected chi connectivity index (χ0v) is 18.6. The molecule has 0 spiro atoms. The Morgan fingerprint density at radius 3 is 2.71 bits per heavy atom. The molecule has 1 aromatic carbocycles. The molecule has 1 saturated heterocycles. The van der Waals surface area contributed by atoms with Crippen LogP contribution in [-0.4, -0.2) is 42.5 Å². The maximum atomic E-state index is 6.27. The molecule has 5 heterocycles. The molecule has 4 aromatic heterocycles. The van der Waals surface area contributed by atoms with Crippen molar-refractivity contribution in [1.29, 1.82) is 0 Å². The van der Waals surface area contributed by atoms with Gasteiger partial charge < -0.3 is 10.5 Å². The lowest BCUT2D eigenvalue weighted by Gasteiger charge is -2.25. The largest absolute Gasteiger partial charge is 0.383 e. The first kappa shape index (κ1) is 19.4. The molecule has 8 nitrogen and oxygen atoms in total. The van der Waals surface area contributed by atoms with Crippen molar-refractivity contribution < 1.29 is 4.74 Å². The standard InChI is InChI=1S/C26H23N7O/c27-24-20(5-2-11-28-24)25-30-23-9-8-21(22-10-12-32(31-22)19-14-34-15-19)29-26(23)33(25)18-7-6-16-3-1-4-17(16)13-18/h2,5-13,19H,1,3-4,14-15H2,(H2,27,28). The van der Waals surface area contributed by atoms with Gasteiger partial charge in [-0.05, 0) is 72.9 Å². The van der Waals surface area contributed by atoms with Gasteiger partial charge >= 0.3 is 0 Å². The Labute approximate surface area is 196 Å². The van der Waals surface area contributed by atoms with Crippen molar-refractivity contribution in [2.24, 2.45) is 0 Å². The minimum Gasteiger partial charge on any atom is -0.383 e. The number of hydrogen-bond donors (Lipinski definition) is 1. The van der Waals surface area contributed by atoms with Gasteiger partial charge in [0, 0.05) is 18.1 Å². The van der Waals surface area contributed by atoms with Crippen LogP contribution in [-0.2, 0) is 17.6 Å². The van der Waals surface area contributed by atoms with E-state index in [1.807, 2.05) is 41.2 Å². The number of ether oxygens (including phenoxy) is 1. The van der Waals surface area contributed by atoms with E-state index in [9.17, 15) is 0 Å². The predicted molar refractivity (Wildman–Crippen MR) is 130 cm³/mol. The minimum atomic E-state index is 0.301. The van der Waals surface area contributed by atoms with Gasteiger partial charge in [0.1, 0.15) is 17.0 Å². The lowest BCUT2D eigenvalue weighted by molar-refractivity contribution is -0.0285. The fraction of sp³-hybridized carbons (Fsp3) is 0.231. The normalized spacial score (nSPS) is 15.5. The summed E-state index contributed by atoms with van der Waals surface area (Å²) in [7, 11) is 0. The summed E-state index contributed by atoms with van der Waals surface area (Å²) < 4.78 is 9.37. The SMILES string of the molecule is Nc1ncccc1-c1nc2ccc(-c3ccn(C4COC4)n3)nc2n1-c1ccc2c(c1)CCC2. The first-order valence-corrected chi connectivity index (χ1v) is 11.6. The third kappa shape index (κ3) is 3.03. The van der Waals surface area contributed by atoms with Crippen LogP contribution >= 0.6 is 0 Å². The quantitative estimate of drug-likeness (QED) is 0.446. The predicted octanol–water partition coefficient (Wildman–Crippen LogP) is 3.99. The number of anilines is 1. The molecule has 1 aliphatic heterocycles. The highest BCUT2D eigenvalue weighted by Gasteiger charge is 2.23. The second kappa shape index (κ2) is 7.50. The molecule has 0 unspecified atom stereocenters. The number of imidazole rings is 1. The first-order chi connectivity index (χ1) is 16.7. The molecule has 2 aliphatic rings. The summed E-state index contributed by atoms with van der Waals surface area (Å²) in [6.07, 6.45) is 7.12. The molecule has 1 aliphatic carbocycles. The number of nitrogens with two attached hydrogens (primary N) is 1. The van der Waals surface area contributed by atoms with Crippen LogP contribution in [0.3, 0.4) is 0 Å². The molecular formula is C26H23N7O. The second-order valence-corrected chi connectivity index (χ2v) is 8.93. The average Bonchev–Trinajstić information content (AvgIpc) is 3.55. The molecule has 1 fully saturated rings. The number of hydrogen-bond acceptors (Lipinski definition) is 6. The highest BCUT2D eigenvalue weighted by Crippen LogP contribution is 2.33. The van der Waals surface area contributed by atoms with Crippen LogP contribution in [0.1, 0.15) is 23.6 Å². The molecule has 34 heavy (non-hydrogen) atoms. The summed E-state index contributed by atoms with van der Waals surface area (Å²) in [5.41, 5.74) is 14.1. The van der Waals surface area contributed by atoms with Crippen molar-refractivity contribution in [1.82, 2.24) is 29.3 Å². The summed E-state index contributed by atoms with van der Waals surface area (Å²) in [5.74, 6) is 1.18. The number of rotatable bonds is 4. The van der Waals surface area contributed by atoms with Gasteiger partial charge in [0.05, 0.1) is 30.5 Å². The second-order valence-electron chi connectivity index (χ2n) is 8.93. The Morgan fingerprint density at radius 2 is 1.85 bits per heavy atom. The molecule has 0 radical (unpaired) electrons. The van der Waals surface area contributed by atoms with Crippen molar-refractivity contribution in [2.45, 2.75) is 25.3 Å². The fourth-order valence-electron chi connectivity index (χ4n) is 4.88. The van der Waals surface area contributed by atoms with Gasteiger partial charge in [0.2, 0.25) is 0 Å². The van der Waals surface area contributed by atoms with Gasteiger partial charge in [-0.15, -0.1) is 0 Å². The van der Waals surface area contributed by atoms with E-state index >= 15 is 0 Å². The number of aromatic nitrogens is 6. The van der Waals surface area contributed by atoms with E-state index in [0.717, 1.165) is 52.5 Å². The average molecular weight is 450 g/mol. The van der Waals surface area contributed by atoms with Crippen LogP contribution in [0.5, 0.6) is 0 Å². The zero-order chi connectivity index (χ0) is 22.6. The zero-order valence-electron chi connectivity index (χ0n) is 18.6. The topological polar surface area (TPSA) is 96.7 Å². The molecular weight excluding hydrogens is 426 g/mol. The van der Waals surface area contributed by atoms with Crippen molar-refractivity contribution >= 4 is 17.0 Å². The third-order valence-corrected chi connectivity index (χ3v) is 6.79.